The van der Waals surface area contributed by atoms with Gasteiger partial charge in [0.1, 0.15) is 0 Å². The molecule has 78 valence electrons. The Morgan fingerprint density at radius 2 is 2.47 bits per heavy atom. The molecule has 2 aromatic rings. The molecule has 7 heteroatoms. The predicted octanol–water partition coefficient (Wildman–Crippen LogP) is 1.30. The van der Waals surface area contributed by atoms with Crippen LogP contribution in [0.25, 0.3) is 11.2 Å². The van der Waals surface area contributed by atoms with Gasteiger partial charge in [-0.1, -0.05) is 11.8 Å². The molecule has 3 N–H and O–H groups in total. The number of nitrogens with zero attached hydrogens (tertiary/aromatic N) is 2. The number of primary amides is 1. The van der Waals surface area contributed by atoms with Gasteiger partial charge in [0.15, 0.2) is 10.8 Å². The van der Waals surface area contributed by atoms with E-state index in [1.54, 1.807) is 6.20 Å². The van der Waals surface area contributed by atoms with Crippen LogP contribution in [0.15, 0.2) is 21.9 Å². The Morgan fingerprint density at radius 1 is 1.67 bits per heavy atom. The monoisotopic (exact) mass is 286 g/mol. The third kappa shape index (κ3) is 2.48. The number of halogens is 1. The van der Waals surface area contributed by atoms with Gasteiger partial charge in [0, 0.05) is 10.7 Å². The molecule has 0 aliphatic rings. The van der Waals surface area contributed by atoms with Crippen molar-refractivity contribution in [2.75, 3.05) is 5.75 Å². The lowest BCUT2D eigenvalue weighted by Crippen LogP contribution is -2.13. The molecule has 0 aromatic carbocycles. The number of pyridine rings is 1. The lowest BCUT2D eigenvalue weighted by Gasteiger charge is -1.90. The van der Waals surface area contributed by atoms with Gasteiger partial charge in [0.05, 0.1) is 11.3 Å². The van der Waals surface area contributed by atoms with Crippen molar-refractivity contribution in [2.24, 2.45) is 5.73 Å². The summed E-state index contributed by atoms with van der Waals surface area (Å²) in [5.74, 6) is -0.157. The Kier molecular flexibility index (Phi) is 2.92. The lowest BCUT2D eigenvalue weighted by molar-refractivity contribution is -0.115. The van der Waals surface area contributed by atoms with E-state index in [0.29, 0.717) is 10.8 Å². The highest BCUT2D eigenvalue weighted by atomic mass is 79.9. The Bertz CT molecular complexity index is 512. The molecule has 0 saturated heterocycles. The second-order valence-electron chi connectivity index (χ2n) is 2.82. The van der Waals surface area contributed by atoms with Crippen molar-refractivity contribution in [2.45, 2.75) is 5.16 Å². The topological polar surface area (TPSA) is 84.7 Å². The molecule has 0 bridgehead atoms. The minimum Gasteiger partial charge on any atom is -0.369 e. The number of nitrogens with two attached hydrogens (primary N) is 1. The minimum atomic E-state index is -0.366. The Balaban J connectivity index is 2.27. The van der Waals surface area contributed by atoms with Crippen LogP contribution < -0.4 is 5.73 Å². The number of carbonyl (C=O) groups excluding carboxylic acids is 1. The van der Waals surface area contributed by atoms with Crippen molar-refractivity contribution in [3.05, 3.63) is 16.7 Å². The van der Waals surface area contributed by atoms with Crippen LogP contribution in [0.3, 0.4) is 0 Å². The number of carbonyl (C=O) groups is 1. The number of hydrogen-bond acceptors (Lipinski definition) is 4. The molecule has 2 rings (SSSR count). The second-order valence-corrected chi connectivity index (χ2v) is 4.70. The molecule has 0 aliphatic carbocycles. The van der Waals surface area contributed by atoms with Crippen LogP contribution in [0.2, 0.25) is 0 Å². The number of imidazole rings is 1. The van der Waals surface area contributed by atoms with Crippen molar-refractivity contribution in [1.29, 1.82) is 0 Å². The van der Waals surface area contributed by atoms with Gasteiger partial charge in [0.2, 0.25) is 5.91 Å². The maximum absolute atomic E-state index is 10.6. The first-order chi connectivity index (χ1) is 7.15. The van der Waals surface area contributed by atoms with Gasteiger partial charge in [-0.3, -0.25) is 4.79 Å². The maximum atomic E-state index is 10.6. The molecule has 0 radical (unpaired) electrons. The number of rotatable bonds is 3. The highest BCUT2D eigenvalue weighted by Crippen LogP contribution is 2.20. The number of aromatic nitrogens is 3. The normalized spacial score (nSPS) is 10.7. The summed E-state index contributed by atoms with van der Waals surface area (Å²) in [5, 5.41) is 0.648. The van der Waals surface area contributed by atoms with Crippen LogP contribution >= 0.6 is 27.7 Å². The first kappa shape index (κ1) is 10.4. The average molecular weight is 287 g/mol. The van der Waals surface area contributed by atoms with E-state index in [4.69, 9.17) is 5.73 Å². The van der Waals surface area contributed by atoms with E-state index in [1.807, 2.05) is 6.07 Å². The second kappa shape index (κ2) is 4.19. The minimum absolute atomic E-state index is 0.209. The van der Waals surface area contributed by atoms with Gasteiger partial charge in [-0.25, -0.2) is 9.97 Å². The molecule has 2 aromatic heterocycles. The quantitative estimate of drug-likeness (QED) is 0.833. The zero-order valence-electron chi connectivity index (χ0n) is 7.53. The van der Waals surface area contributed by atoms with E-state index >= 15 is 0 Å². The van der Waals surface area contributed by atoms with Crippen molar-refractivity contribution in [3.63, 3.8) is 0 Å². The summed E-state index contributed by atoms with van der Waals surface area (Å²) in [4.78, 5) is 21.9. The SMILES string of the molecule is NC(=O)CSc1nc2ncc(Br)cc2[nH]1. The Hall–Kier alpha value is -1.08. The fraction of sp³-hybridized carbons (Fsp3) is 0.125. The summed E-state index contributed by atoms with van der Waals surface area (Å²) in [6.07, 6.45) is 1.67. The highest BCUT2D eigenvalue weighted by Gasteiger charge is 2.05. The molecule has 15 heavy (non-hydrogen) atoms. The van der Waals surface area contributed by atoms with Crippen molar-refractivity contribution in [1.82, 2.24) is 15.0 Å². The van der Waals surface area contributed by atoms with Gasteiger partial charge in [0.25, 0.3) is 0 Å². The molecule has 0 spiro atoms. The van der Waals surface area contributed by atoms with Crippen molar-refractivity contribution >= 4 is 44.8 Å². The molecule has 2 heterocycles. The van der Waals surface area contributed by atoms with E-state index in [1.165, 1.54) is 11.8 Å². The summed E-state index contributed by atoms with van der Waals surface area (Å²) in [7, 11) is 0. The van der Waals surface area contributed by atoms with Gasteiger partial charge >= 0.3 is 0 Å². The van der Waals surface area contributed by atoms with Crippen LogP contribution in [0.4, 0.5) is 0 Å². The number of fused-ring (bicyclic) bond motifs is 1. The van der Waals surface area contributed by atoms with Gasteiger partial charge in [-0.15, -0.1) is 0 Å². The molecule has 5 nitrogen and oxygen atoms in total. The Labute approximate surface area is 98.0 Å². The molecule has 0 aliphatic heterocycles. The molecule has 0 unspecified atom stereocenters. The summed E-state index contributed by atoms with van der Waals surface area (Å²) < 4.78 is 0.880. The van der Waals surface area contributed by atoms with E-state index < -0.39 is 0 Å². The fourth-order valence-corrected chi connectivity index (χ4v) is 2.00. The third-order valence-electron chi connectivity index (χ3n) is 1.63. The van der Waals surface area contributed by atoms with Gasteiger partial charge in [-0.2, -0.15) is 0 Å². The largest absolute Gasteiger partial charge is 0.369 e. The predicted molar refractivity (Wildman–Crippen MR) is 61.5 cm³/mol. The van der Waals surface area contributed by atoms with Gasteiger partial charge in [-0.05, 0) is 22.0 Å². The lowest BCUT2D eigenvalue weighted by atomic mass is 10.4. The third-order valence-corrected chi connectivity index (χ3v) is 2.96. The summed E-state index contributed by atoms with van der Waals surface area (Å²) in [6.45, 7) is 0. The molecule has 0 saturated carbocycles. The van der Waals surface area contributed by atoms with Crippen LogP contribution in [-0.4, -0.2) is 26.6 Å². The summed E-state index contributed by atoms with van der Waals surface area (Å²) in [5.41, 5.74) is 6.49. The number of aromatic amines is 1. The van der Waals surface area contributed by atoms with Crippen molar-refractivity contribution in [3.8, 4) is 0 Å². The first-order valence-corrected chi connectivity index (χ1v) is 5.85. The smallest absolute Gasteiger partial charge is 0.227 e. The highest BCUT2D eigenvalue weighted by molar-refractivity contribution is 9.10. The Morgan fingerprint density at radius 3 is 3.20 bits per heavy atom. The van der Waals surface area contributed by atoms with E-state index in [9.17, 15) is 4.79 Å². The number of nitrogens with one attached hydrogen (secondary N) is 1. The summed E-state index contributed by atoms with van der Waals surface area (Å²) in [6, 6.07) is 1.88. The van der Waals surface area contributed by atoms with Crippen LogP contribution in [0, 0.1) is 0 Å². The zero-order chi connectivity index (χ0) is 10.8. The molecule has 0 atom stereocenters. The molecular formula is C8H7BrN4OS. The first-order valence-electron chi connectivity index (χ1n) is 4.07. The van der Waals surface area contributed by atoms with Crippen LogP contribution in [-0.2, 0) is 4.79 Å². The van der Waals surface area contributed by atoms with E-state index in [0.717, 1.165) is 9.99 Å². The molecule has 1 amide bonds. The standard InChI is InChI=1S/C8H7BrN4OS/c9-4-1-5-7(11-2-4)13-8(12-5)15-3-6(10)14/h1-2H,3H2,(H2,10,14)(H,11,12,13). The van der Waals surface area contributed by atoms with Crippen molar-refractivity contribution < 1.29 is 4.79 Å². The van der Waals surface area contributed by atoms with Crippen LogP contribution in [0.5, 0.6) is 0 Å². The number of hydrogen-bond donors (Lipinski definition) is 2. The summed E-state index contributed by atoms with van der Waals surface area (Å²) >= 11 is 4.58. The maximum Gasteiger partial charge on any atom is 0.227 e. The number of amides is 1. The average Bonchev–Trinajstić information content (AvgIpc) is 2.56. The van der Waals surface area contributed by atoms with E-state index in [2.05, 4.69) is 30.9 Å². The molecule has 0 fully saturated rings. The van der Waals surface area contributed by atoms with Gasteiger partial charge < -0.3 is 10.7 Å². The van der Waals surface area contributed by atoms with Crippen LogP contribution in [0.1, 0.15) is 0 Å². The number of H-pyrrole nitrogens is 1. The zero-order valence-corrected chi connectivity index (χ0v) is 9.93. The molecular weight excluding hydrogens is 280 g/mol. The van der Waals surface area contributed by atoms with E-state index in [-0.39, 0.29) is 11.7 Å². The fourth-order valence-electron chi connectivity index (χ4n) is 1.06. The number of thioether (sulfide) groups is 1.